The van der Waals surface area contributed by atoms with E-state index in [-0.39, 0.29) is 17.4 Å². The number of rotatable bonds is 7. The minimum absolute atomic E-state index is 0.0849. The molecule has 2 bridgehead atoms. The Bertz CT molecular complexity index is 1180. The van der Waals surface area contributed by atoms with Crippen LogP contribution >= 0.6 is 0 Å². The molecule has 5 rings (SSSR count). The first-order valence-corrected chi connectivity index (χ1v) is 11.7. The van der Waals surface area contributed by atoms with Crippen molar-refractivity contribution in [3.05, 3.63) is 70.3 Å². The van der Waals surface area contributed by atoms with E-state index in [1.165, 1.54) is 16.5 Å². The van der Waals surface area contributed by atoms with Crippen LogP contribution in [0.5, 0.6) is 0 Å². The molecule has 0 N–H and O–H groups in total. The van der Waals surface area contributed by atoms with E-state index in [1.807, 2.05) is 15.5 Å². The molecule has 0 radical (unpaired) electrons. The van der Waals surface area contributed by atoms with Crippen LogP contribution in [-0.2, 0) is 29.0 Å². The van der Waals surface area contributed by atoms with E-state index in [0.29, 0.717) is 18.9 Å². The maximum Gasteiger partial charge on any atom is 0.250 e. The van der Waals surface area contributed by atoms with Crippen LogP contribution in [-0.4, -0.2) is 46.7 Å². The molecule has 2 aromatic heterocycles. The molecule has 1 amide bonds. The molecule has 6 heteroatoms. The monoisotopic (exact) mass is 433 g/mol. The van der Waals surface area contributed by atoms with Gasteiger partial charge in [0.2, 0.25) is 5.91 Å². The number of aryl methyl sites for hydroxylation is 1. The van der Waals surface area contributed by atoms with Crippen molar-refractivity contribution in [3.63, 3.8) is 0 Å². The molecule has 2 aliphatic rings. The minimum atomic E-state index is 0.0849. The summed E-state index contributed by atoms with van der Waals surface area (Å²) in [6.07, 6.45) is 5.60. The van der Waals surface area contributed by atoms with Crippen LogP contribution < -0.4 is 5.56 Å². The average molecular weight is 434 g/mol. The predicted molar refractivity (Wildman–Crippen MR) is 125 cm³/mol. The zero-order chi connectivity index (χ0) is 22.1. The molecule has 0 saturated carbocycles. The number of fused-ring (bicyclic) bond motifs is 5. The smallest absolute Gasteiger partial charge is 0.250 e. The number of aromatic nitrogens is 2. The molecule has 0 spiro atoms. The Morgan fingerprint density at radius 2 is 1.97 bits per heavy atom. The van der Waals surface area contributed by atoms with Gasteiger partial charge in [-0.2, -0.15) is 0 Å². The molecular formula is C26H31N3O3. The van der Waals surface area contributed by atoms with Crippen LogP contribution in [0.3, 0.4) is 0 Å². The van der Waals surface area contributed by atoms with Crippen molar-refractivity contribution in [1.82, 2.24) is 14.0 Å². The zero-order valence-corrected chi connectivity index (χ0v) is 18.7. The van der Waals surface area contributed by atoms with Crippen molar-refractivity contribution in [2.75, 3.05) is 26.8 Å². The third kappa shape index (κ3) is 3.99. The summed E-state index contributed by atoms with van der Waals surface area (Å²) in [5.41, 5.74) is 3.70. The number of likely N-dealkylation sites (tertiary alicyclic amines) is 1. The first kappa shape index (κ1) is 21.0. The van der Waals surface area contributed by atoms with E-state index in [9.17, 15) is 9.59 Å². The van der Waals surface area contributed by atoms with E-state index in [2.05, 4.69) is 41.1 Å². The first-order chi connectivity index (χ1) is 15.6. The van der Waals surface area contributed by atoms with Crippen LogP contribution in [0.2, 0.25) is 0 Å². The Kier molecular flexibility index (Phi) is 5.87. The molecule has 6 nitrogen and oxygen atoms in total. The lowest BCUT2D eigenvalue weighted by Gasteiger charge is -2.42. The van der Waals surface area contributed by atoms with Gasteiger partial charge in [0.15, 0.2) is 0 Å². The van der Waals surface area contributed by atoms with Gasteiger partial charge in [-0.3, -0.25) is 9.59 Å². The second-order valence-corrected chi connectivity index (χ2v) is 9.21. The summed E-state index contributed by atoms with van der Waals surface area (Å²) in [5, 5.41) is 1.27. The Labute approximate surface area is 188 Å². The molecule has 3 aromatic rings. The average Bonchev–Trinajstić information content (AvgIpc) is 3.16. The number of hydrogen-bond acceptors (Lipinski definition) is 3. The van der Waals surface area contributed by atoms with Crippen molar-refractivity contribution < 1.29 is 9.53 Å². The lowest BCUT2D eigenvalue weighted by Crippen LogP contribution is -2.49. The third-order valence-electron chi connectivity index (χ3n) is 7.08. The summed E-state index contributed by atoms with van der Waals surface area (Å²) in [7, 11) is 1.73. The second kappa shape index (κ2) is 8.94. The van der Waals surface area contributed by atoms with E-state index < -0.39 is 0 Å². The van der Waals surface area contributed by atoms with Gasteiger partial charge in [0.25, 0.3) is 5.56 Å². The molecule has 1 saturated heterocycles. The highest BCUT2D eigenvalue weighted by molar-refractivity contribution is 5.84. The van der Waals surface area contributed by atoms with Gasteiger partial charge < -0.3 is 18.8 Å². The molecule has 1 fully saturated rings. The molecule has 32 heavy (non-hydrogen) atoms. The van der Waals surface area contributed by atoms with Gasteiger partial charge in [-0.25, -0.2) is 0 Å². The van der Waals surface area contributed by atoms with Crippen LogP contribution in [0.1, 0.15) is 36.4 Å². The number of para-hydroxylation sites is 1. The summed E-state index contributed by atoms with van der Waals surface area (Å²) in [5.74, 6) is 0.901. The number of nitrogens with zero attached hydrogens (tertiary/aromatic N) is 3. The van der Waals surface area contributed by atoms with Gasteiger partial charge in [-0.05, 0) is 42.9 Å². The van der Waals surface area contributed by atoms with Crippen LogP contribution in [0, 0.1) is 5.92 Å². The minimum Gasteiger partial charge on any atom is -0.383 e. The van der Waals surface area contributed by atoms with Gasteiger partial charge in [-0.15, -0.1) is 0 Å². The maximum atomic E-state index is 13.0. The van der Waals surface area contributed by atoms with Crippen LogP contribution in [0.4, 0.5) is 0 Å². The summed E-state index contributed by atoms with van der Waals surface area (Å²) >= 11 is 0. The lowest BCUT2D eigenvalue weighted by atomic mass is 9.83. The van der Waals surface area contributed by atoms with Gasteiger partial charge in [0.1, 0.15) is 0 Å². The number of carbonyl (C=O) groups is 1. The summed E-state index contributed by atoms with van der Waals surface area (Å²) in [6, 6.07) is 14.0. The van der Waals surface area contributed by atoms with Crippen molar-refractivity contribution in [3.8, 4) is 0 Å². The highest BCUT2D eigenvalue weighted by Crippen LogP contribution is 2.35. The van der Waals surface area contributed by atoms with E-state index in [4.69, 9.17) is 4.74 Å². The van der Waals surface area contributed by atoms with E-state index in [0.717, 1.165) is 51.1 Å². The van der Waals surface area contributed by atoms with Crippen molar-refractivity contribution in [2.24, 2.45) is 5.92 Å². The molecule has 168 valence electrons. The standard InChI is InChI=1S/C26H31N3O3/c1-32-13-12-27-17-20(22-7-2-3-8-24(22)27)6-4-10-25(30)28-15-19-14-21(18-28)23-9-5-11-26(31)29(23)16-19/h2-3,5,7-9,11,17,19,21H,4,6,10,12-16,18H2,1H3/t19-,21+/m0/s1. The molecule has 2 atom stereocenters. The third-order valence-corrected chi connectivity index (χ3v) is 7.08. The van der Waals surface area contributed by atoms with Gasteiger partial charge in [0.05, 0.1) is 6.61 Å². The topological polar surface area (TPSA) is 56.5 Å². The zero-order valence-electron chi connectivity index (χ0n) is 18.7. The Morgan fingerprint density at radius 3 is 2.84 bits per heavy atom. The second-order valence-electron chi connectivity index (χ2n) is 9.21. The normalized spacial score (nSPS) is 19.8. The number of ether oxygens (including phenoxy) is 1. The highest BCUT2D eigenvalue weighted by Gasteiger charge is 2.35. The van der Waals surface area contributed by atoms with Crippen LogP contribution in [0.25, 0.3) is 10.9 Å². The summed E-state index contributed by atoms with van der Waals surface area (Å²) in [6.45, 7) is 3.75. The Hall–Kier alpha value is -2.86. The number of methoxy groups -OCH3 is 1. The number of piperidine rings is 1. The van der Waals surface area contributed by atoms with Gasteiger partial charge in [-0.1, -0.05) is 24.3 Å². The van der Waals surface area contributed by atoms with Gasteiger partial charge >= 0.3 is 0 Å². The SMILES string of the molecule is COCCn1cc(CCCC(=O)N2C[C@@H]3C[C@H](C2)c2cccc(=O)n2C3)c2ccccc21. The van der Waals surface area contributed by atoms with Crippen molar-refractivity contribution in [1.29, 1.82) is 0 Å². The highest BCUT2D eigenvalue weighted by atomic mass is 16.5. The van der Waals surface area contributed by atoms with E-state index in [1.54, 1.807) is 13.2 Å². The summed E-state index contributed by atoms with van der Waals surface area (Å²) in [4.78, 5) is 27.3. The molecule has 0 aliphatic carbocycles. The Morgan fingerprint density at radius 1 is 1.09 bits per heavy atom. The Balaban J connectivity index is 1.22. The van der Waals surface area contributed by atoms with Crippen LogP contribution in [0.15, 0.2) is 53.5 Å². The quantitative estimate of drug-likeness (QED) is 0.574. The fourth-order valence-electron chi connectivity index (χ4n) is 5.58. The maximum absolute atomic E-state index is 13.0. The number of amides is 1. The largest absolute Gasteiger partial charge is 0.383 e. The number of pyridine rings is 1. The lowest BCUT2D eigenvalue weighted by molar-refractivity contribution is -0.134. The predicted octanol–water partition coefficient (Wildman–Crippen LogP) is 3.42. The number of carbonyl (C=O) groups excluding carboxylic acids is 1. The number of benzene rings is 1. The fraction of sp³-hybridized carbons (Fsp3) is 0.462. The molecule has 0 unspecified atom stereocenters. The van der Waals surface area contributed by atoms with E-state index >= 15 is 0 Å². The molecule has 1 aromatic carbocycles. The fourth-order valence-corrected chi connectivity index (χ4v) is 5.58. The van der Waals surface area contributed by atoms with Crippen molar-refractivity contribution >= 4 is 16.8 Å². The molecular weight excluding hydrogens is 402 g/mol. The van der Waals surface area contributed by atoms with Crippen molar-refractivity contribution in [2.45, 2.75) is 44.7 Å². The summed E-state index contributed by atoms with van der Waals surface area (Å²) < 4.78 is 9.42. The number of hydrogen-bond donors (Lipinski definition) is 0. The molecule has 4 heterocycles. The first-order valence-electron chi connectivity index (χ1n) is 11.7. The molecule has 2 aliphatic heterocycles. The van der Waals surface area contributed by atoms with Gasteiger partial charge in [0, 0.05) is 74.5 Å².